The predicted octanol–water partition coefficient (Wildman–Crippen LogP) is 3.12. The summed E-state index contributed by atoms with van der Waals surface area (Å²) in [6, 6.07) is 0.852. The summed E-state index contributed by atoms with van der Waals surface area (Å²) < 4.78 is 5.44. The van der Waals surface area contributed by atoms with E-state index in [9.17, 15) is 0 Å². The first-order valence-corrected chi connectivity index (χ1v) is 7.70. The molecule has 2 nitrogen and oxygen atoms in total. The molecule has 2 atom stereocenters. The highest BCUT2D eigenvalue weighted by atomic mass is 16.5. The monoisotopic (exact) mass is 237 g/mol. The van der Waals surface area contributed by atoms with Crippen LogP contribution in [0.1, 0.15) is 57.8 Å². The molecule has 0 radical (unpaired) electrons. The normalized spacial score (nSPS) is 36.0. The first-order chi connectivity index (χ1) is 8.39. The fourth-order valence-corrected chi connectivity index (χ4v) is 4.14. The van der Waals surface area contributed by atoms with Crippen molar-refractivity contribution in [3.8, 4) is 0 Å². The van der Waals surface area contributed by atoms with Crippen LogP contribution in [0.5, 0.6) is 0 Å². The SMILES string of the molecule is C1CCC2(CC1)CCC2NCCC1CCOC1. The van der Waals surface area contributed by atoms with Crippen LogP contribution in [0, 0.1) is 11.3 Å². The molecule has 1 heterocycles. The quantitative estimate of drug-likeness (QED) is 0.811. The summed E-state index contributed by atoms with van der Waals surface area (Å²) in [6.45, 7) is 3.23. The molecule has 0 bridgehead atoms. The fourth-order valence-electron chi connectivity index (χ4n) is 4.14. The van der Waals surface area contributed by atoms with Crippen molar-refractivity contribution in [3.63, 3.8) is 0 Å². The van der Waals surface area contributed by atoms with Crippen LogP contribution in [-0.4, -0.2) is 25.8 Å². The molecule has 17 heavy (non-hydrogen) atoms. The summed E-state index contributed by atoms with van der Waals surface area (Å²) in [4.78, 5) is 0. The highest BCUT2D eigenvalue weighted by molar-refractivity contribution is 5.01. The van der Waals surface area contributed by atoms with Gasteiger partial charge in [0.2, 0.25) is 0 Å². The van der Waals surface area contributed by atoms with E-state index < -0.39 is 0 Å². The van der Waals surface area contributed by atoms with E-state index in [1.807, 2.05) is 0 Å². The van der Waals surface area contributed by atoms with Crippen LogP contribution in [0.3, 0.4) is 0 Å². The van der Waals surface area contributed by atoms with E-state index in [0.717, 1.165) is 30.6 Å². The molecule has 0 aromatic rings. The van der Waals surface area contributed by atoms with Gasteiger partial charge in [-0.25, -0.2) is 0 Å². The molecule has 1 N–H and O–H groups in total. The van der Waals surface area contributed by atoms with Gasteiger partial charge in [-0.05, 0) is 56.4 Å². The predicted molar refractivity (Wildman–Crippen MR) is 70.1 cm³/mol. The molecule has 0 aromatic carbocycles. The van der Waals surface area contributed by atoms with Crippen LogP contribution >= 0.6 is 0 Å². The van der Waals surface area contributed by atoms with E-state index in [-0.39, 0.29) is 0 Å². The third-order valence-electron chi connectivity index (χ3n) is 5.49. The van der Waals surface area contributed by atoms with Gasteiger partial charge in [-0.2, -0.15) is 0 Å². The van der Waals surface area contributed by atoms with Gasteiger partial charge >= 0.3 is 0 Å². The molecule has 2 heteroatoms. The second-order valence-corrected chi connectivity index (χ2v) is 6.49. The molecular formula is C15H27NO. The Hall–Kier alpha value is -0.0800. The molecule has 1 spiro atoms. The van der Waals surface area contributed by atoms with Crippen molar-refractivity contribution in [1.82, 2.24) is 5.32 Å². The molecule has 98 valence electrons. The van der Waals surface area contributed by atoms with Gasteiger partial charge in [0.25, 0.3) is 0 Å². The van der Waals surface area contributed by atoms with Crippen LogP contribution in [-0.2, 0) is 4.74 Å². The van der Waals surface area contributed by atoms with Gasteiger partial charge in [0, 0.05) is 19.3 Å². The van der Waals surface area contributed by atoms with Crippen molar-refractivity contribution in [3.05, 3.63) is 0 Å². The van der Waals surface area contributed by atoms with E-state index in [0.29, 0.717) is 0 Å². The smallest absolute Gasteiger partial charge is 0.0495 e. The van der Waals surface area contributed by atoms with E-state index in [1.165, 1.54) is 64.3 Å². The topological polar surface area (TPSA) is 21.3 Å². The zero-order chi connectivity index (χ0) is 11.6. The van der Waals surface area contributed by atoms with Crippen molar-refractivity contribution in [2.45, 2.75) is 63.8 Å². The Morgan fingerprint density at radius 1 is 1.06 bits per heavy atom. The van der Waals surface area contributed by atoms with Crippen molar-refractivity contribution in [2.24, 2.45) is 11.3 Å². The fraction of sp³-hybridized carbons (Fsp3) is 1.00. The van der Waals surface area contributed by atoms with Gasteiger partial charge in [-0.15, -0.1) is 0 Å². The van der Waals surface area contributed by atoms with Gasteiger partial charge in [-0.3, -0.25) is 0 Å². The Kier molecular flexibility index (Phi) is 3.72. The Morgan fingerprint density at radius 3 is 2.59 bits per heavy atom. The average Bonchev–Trinajstić information content (AvgIpc) is 2.87. The molecule has 3 fully saturated rings. The molecular weight excluding hydrogens is 210 g/mol. The van der Waals surface area contributed by atoms with Crippen LogP contribution in [0.15, 0.2) is 0 Å². The third-order valence-corrected chi connectivity index (χ3v) is 5.49. The lowest BCUT2D eigenvalue weighted by atomic mass is 9.57. The Bertz CT molecular complexity index is 241. The maximum Gasteiger partial charge on any atom is 0.0495 e. The first-order valence-electron chi connectivity index (χ1n) is 7.70. The van der Waals surface area contributed by atoms with E-state index in [4.69, 9.17) is 4.74 Å². The Balaban J connectivity index is 1.39. The van der Waals surface area contributed by atoms with Crippen molar-refractivity contribution >= 4 is 0 Å². The van der Waals surface area contributed by atoms with E-state index in [1.54, 1.807) is 0 Å². The number of nitrogens with one attached hydrogen (secondary N) is 1. The molecule has 2 aliphatic carbocycles. The lowest BCUT2D eigenvalue weighted by Crippen LogP contribution is -2.54. The number of hydrogen-bond acceptors (Lipinski definition) is 2. The largest absolute Gasteiger partial charge is 0.381 e. The van der Waals surface area contributed by atoms with E-state index in [2.05, 4.69) is 5.32 Å². The molecule has 3 rings (SSSR count). The molecule has 0 amide bonds. The molecule has 3 aliphatic rings. The maximum absolute atomic E-state index is 5.44. The lowest BCUT2D eigenvalue weighted by molar-refractivity contribution is 0.0225. The summed E-state index contributed by atoms with van der Waals surface area (Å²) in [5.41, 5.74) is 0.727. The molecule has 2 unspecified atom stereocenters. The van der Waals surface area contributed by atoms with Crippen LogP contribution in [0.4, 0.5) is 0 Å². The summed E-state index contributed by atoms with van der Waals surface area (Å²) in [5, 5.41) is 3.85. The van der Waals surface area contributed by atoms with Gasteiger partial charge in [0.1, 0.15) is 0 Å². The molecule has 1 saturated heterocycles. The van der Waals surface area contributed by atoms with Crippen molar-refractivity contribution in [1.29, 1.82) is 0 Å². The lowest BCUT2D eigenvalue weighted by Gasteiger charge is -2.52. The standard InChI is InChI=1S/C15H27NO/c1-2-7-15(8-3-1)9-4-14(15)16-10-5-13-6-11-17-12-13/h13-14,16H,1-12H2. The second kappa shape index (κ2) is 5.27. The molecule has 1 aliphatic heterocycles. The highest BCUT2D eigenvalue weighted by Gasteiger charge is 2.46. The first kappa shape index (κ1) is 12.0. The maximum atomic E-state index is 5.44. The van der Waals surface area contributed by atoms with Crippen molar-refractivity contribution < 1.29 is 4.74 Å². The zero-order valence-corrected chi connectivity index (χ0v) is 11.0. The van der Waals surface area contributed by atoms with Crippen LogP contribution in [0.25, 0.3) is 0 Å². The Labute approximate surface area is 105 Å². The van der Waals surface area contributed by atoms with Crippen LogP contribution in [0.2, 0.25) is 0 Å². The van der Waals surface area contributed by atoms with Gasteiger partial charge in [0.15, 0.2) is 0 Å². The minimum Gasteiger partial charge on any atom is -0.381 e. The zero-order valence-electron chi connectivity index (χ0n) is 11.0. The third kappa shape index (κ3) is 2.53. The van der Waals surface area contributed by atoms with Crippen LogP contribution < -0.4 is 5.32 Å². The minimum absolute atomic E-state index is 0.727. The molecule has 0 aromatic heterocycles. The number of ether oxygens (including phenoxy) is 1. The van der Waals surface area contributed by atoms with Crippen molar-refractivity contribution in [2.75, 3.05) is 19.8 Å². The summed E-state index contributed by atoms with van der Waals surface area (Å²) in [5.74, 6) is 0.838. The minimum atomic E-state index is 0.727. The second-order valence-electron chi connectivity index (χ2n) is 6.49. The number of hydrogen-bond donors (Lipinski definition) is 1. The van der Waals surface area contributed by atoms with E-state index >= 15 is 0 Å². The van der Waals surface area contributed by atoms with Gasteiger partial charge in [-0.1, -0.05) is 19.3 Å². The van der Waals surface area contributed by atoms with Gasteiger partial charge < -0.3 is 10.1 Å². The average molecular weight is 237 g/mol. The summed E-state index contributed by atoms with van der Waals surface area (Å²) in [7, 11) is 0. The number of rotatable bonds is 4. The molecule has 2 saturated carbocycles. The van der Waals surface area contributed by atoms with Gasteiger partial charge in [0.05, 0.1) is 0 Å². The summed E-state index contributed by atoms with van der Waals surface area (Å²) >= 11 is 0. The summed E-state index contributed by atoms with van der Waals surface area (Å²) in [6.07, 6.45) is 13.0. The highest BCUT2D eigenvalue weighted by Crippen LogP contribution is 2.51. The Morgan fingerprint density at radius 2 is 1.94 bits per heavy atom.